The summed E-state index contributed by atoms with van der Waals surface area (Å²) in [6.07, 6.45) is 1.16. The number of fused-ring (bicyclic) bond motifs is 1. The van der Waals surface area contributed by atoms with Crippen molar-refractivity contribution in [1.82, 2.24) is 0 Å². The SMILES string of the molecule is OC(Cc1ccc(Cl)cc1Cl)c1cc2c(s1)CCSC2. The molecule has 2 heterocycles. The van der Waals surface area contributed by atoms with Gasteiger partial charge in [-0.1, -0.05) is 29.3 Å². The van der Waals surface area contributed by atoms with E-state index >= 15 is 0 Å². The van der Waals surface area contributed by atoms with E-state index in [9.17, 15) is 5.11 Å². The first kappa shape index (κ1) is 14.7. The second-order valence-corrected chi connectivity index (χ2v) is 7.97. The fraction of sp³-hybridized carbons (Fsp3) is 0.333. The minimum Gasteiger partial charge on any atom is -0.387 e. The Labute approximate surface area is 136 Å². The molecule has 0 spiro atoms. The molecule has 106 valence electrons. The molecule has 3 rings (SSSR count). The lowest BCUT2D eigenvalue weighted by Crippen LogP contribution is -2.00. The lowest BCUT2D eigenvalue weighted by Gasteiger charge is -2.10. The van der Waals surface area contributed by atoms with Crippen molar-refractivity contribution in [2.75, 3.05) is 5.75 Å². The minimum atomic E-state index is -0.491. The van der Waals surface area contributed by atoms with Gasteiger partial charge in [-0.05, 0) is 41.5 Å². The van der Waals surface area contributed by atoms with Gasteiger partial charge in [0.1, 0.15) is 0 Å². The largest absolute Gasteiger partial charge is 0.387 e. The summed E-state index contributed by atoms with van der Waals surface area (Å²) in [5.74, 6) is 2.26. The van der Waals surface area contributed by atoms with Crippen molar-refractivity contribution >= 4 is 46.3 Å². The zero-order valence-electron chi connectivity index (χ0n) is 10.7. The van der Waals surface area contributed by atoms with Crippen molar-refractivity contribution in [2.24, 2.45) is 0 Å². The minimum absolute atomic E-state index is 0.491. The van der Waals surface area contributed by atoms with E-state index in [0.29, 0.717) is 16.5 Å². The fourth-order valence-corrected chi connectivity index (χ4v) is 5.18. The monoisotopic (exact) mass is 344 g/mol. The van der Waals surface area contributed by atoms with Gasteiger partial charge in [0.2, 0.25) is 0 Å². The average molecular weight is 345 g/mol. The number of hydrogen-bond acceptors (Lipinski definition) is 3. The summed E-state index contributed by atoms with van der Waals surface area (Å²) in [7, 11) is 0. The highest BCUT2D eigenvalue weighted by Crippen LogP contribution is 2.36. The topological polar surface area (TPSA) is 20.2 Å². The third-order valence-electron chi connectivity index (χ3n) is 3.40. The maximum absolute atomic E-state index is 10.4. The Morgan fingerprint density at radius 3 is 2.85 bits per heavy atom. The molecule has 0 saturated heterocycles. The van der Waals surface area contributed by atoms with Crippen molar-refractivity contribution in [3.8, 4) is 0 Å². The van der Waals surface area contributed by atoms with Crippen LogP contribution in [-0.2, 0) is 18.6 Å². The average Bonchev–Trinajstić information content (AvgIpc) is 2.86. The van der Waals surface area contributed by atoms with E-state index in [0.717, 1.165) is 22.6 Å². The van der Waals surface area contributed by atoms with Gasteiger partial charge in [0.15, 0.2) is 0 Å². The van der Waals surface area contributed by atoms with Crippen LogP contribution in [0.4, 0.5) is 0 Å². The molecule has 1 atom stereocenters. The van der Waals surface area contributed by atoms with E-state index in [1.165, 1.54) is 16.2 Å². The van der Waals surface area contributed by atoms with Gasteiger partial charge in [-0.15, -0.1) is 11.3 Å². The van der Waals surface area contributed by atoms with Crippen LogP contribution in [0.5, 0.6) is 0 Å². The summed E-state index contributed by atoms with van der Waals surface area (Å²) >= 11 is 15.8. The molecular weight excluding hydrogens is 331 g/mol. The number of benzene rings is 1. The quantitative estimate of drug-likeness (QED) is 0.833. The van der Waals surface area contributed by atoms with Crippen LogP contribution in [0.25, 0.3) is 0 Å². The smallest absolute Gasteiger partial charge is 0.0922 e. The number of hydrogen-bond donors (Lipinski definition) is 1. The molecule has 20 heavy (non-hydrogen) atoms. The zero-order chi connectivity index (χ0) is 14.1. The van der Waals surface area contributed by atoms with Gasteiger partial charge in [-0.25, -0.2) is 0 Å². The van der Waals surface area contributed by atoms with Crippen LogP contribution in [-0.4, -0.2) is 10.9 Å². The summed E-state index contributed by atoms with van der Waals surface area (Å²) in [4.78, 5) is 2.48. The summed E-state index contributed by atoms with van der Waals surface area (Å²) in [5, 5.41) is 11.7. The maximum Gasteiger partial charge on any atom is 0.0922 e. The summed E-state index contributed by atoms with van der Waals surface area (Å²) in [5.41, 5.74) is 2.33. The second kappa shape index (κ2) is 6.29. The van der Waals surface area contributed by atoms with Crippen LogP contribution in [0.1, 0.15) is 27.0 Å². The van der Waals surface area contributed by atoms with Gasteiger partial charge in [0.05, 0.1) is 6.10 Å². The van der Waals surface area contributed by atoms with Crippen molar-refractivity contribution in [3.63, 3.8) is 0 Å². The number of thioether (sulfide) groups is 1. The first-order chi connectivity index (χ1) is 9.63. The molecule has 0 bridgehead atoms. The first-order valence-corrected chi connectivity index (χ1v) is 9.17. The van der Waals surface area contributed by atoms with Crippen molar-refractivity contribution in [1.29, 1.82) is 0 Å². The molecule has 1 aromatic heterocycles. The third kappa shape index (κ3) is 3.18. The summed E-state index contributed by atoms with van der Waals surface area (Å²) in [6.45, 7) is 0. The highest BCUT2D eigenvalue weighted by Gasteiger charge is 2.19. The normalized spacial score (nSPS) is 15.9. The molecule has 1 N–H and O–H groups in total. The van der Waals surface area contributed by atoms with Crippen molar-refractivity contribution < 1.29 is 5.11 Å². The molecule has 0 saturated carbocycles. The van der Waals surface area contributed by atoms with Gasteiger partial charge < -0.3 is 5.11 Å². The standard InChI is InChI=1S/C15H14Cl2OS2/c16-11-2-1-9(12(17)7-11)5-13(18)15-6-10-8-19-4-3-14(10)20-15/h1-2,6-7,13,18H,3-5,8H2. The molecule has 0 fully saturated rings. The Hall–Kier alpha value is -0.190. The predicted octanol–water partition coefficient (Wildman–Crippen LogP) is 5.12. The van der Waals surface area contributed by atoms with Gasteiger partial charge in [-0.3, -0.25) is 0 Å². The number of thiophene rings is 1. The molecule has 0 aliphatic carbocycles. The highest BCUT2D eigenvalue weighted by atomic mass is 35.5. The summed E-state index contributed by atoms with van der Waals surface area (Å²) in [6, 6.07) is 7.57. The van der Waals surface area contributed by atoms with Crippen LogP contribution in [0, 0.1) is 0 Å². The van der Waals surface area contributed by atoms with Crippen LogP contribution in [0.15, 0.2) is 24.3 Å². The molecule has 1 aliphatic rings. The van der Waals surface area contributed by atoms with E-state index in [1.807, 2.05) is 23.9 Å². The van der Waals surface area contributed by atoms with Crippen LogP contribution in [0.3, 0.4) is 0 Å². The van der Waals surface area contributed by atoms with E-state index < -0.39 is 6.10 Å². The van der Waals surface area contributed by atoms with Gasteiger partial charge in [0, 0.05) is 32.0 Å². The fourth-order valence-electron chi connectivity index (χ4n) is 2.33. The van der Waals surface area contributed by atoms with Crippen LogP contribution < -0.4 is 0 Å². The Morgan fingerprint density at radius 2 is 2.10 bits per heavy atom. The van der Waals surface area contributed by atoms with Gasteiger partial charge >= 0.3 is 0 Å². The Bertz CT molecular complexity index is 601. The van der Waals surface area contributed by atoms with E-state index in [2.05, 4.69) is 6.07 Å². The summed E-state index contributed by atoms with van der Waals surface area (Å²) < 4.78 is 0. The van der Waals surface area contributed by atoms with Crippen molar-refractivity contribution in [2.45, 2.75) is 24.7 Å². The third-order valence-corrected chi connectivity index (χ3v) is 6.34. The molecular formula is C15H14Cl2OS2. The zero-order valence-corrected chi connectivity index (χ0v) is 13.9. The molecule has 1 aliphatic heterocycles. The van der Waals surface area contributed by atoms with Crippen LogP contribution in [0.2, 0.25) is 10.0 Å². The molecule has 1 aromatic carbocycles. The lowest BCUT2D eigenvalue weighted by atomic mass is 10.1. The molecule has 5 heteroatoms. The van der Waals surface area contributed by atoms with Crippen LogP contribution >= 0.6 is 46.3 Å². The number of aliphatic hydroxyl groups is 1. The number of aliphatic hydroxyl groups excluding tert-OH is 1. The predicted molar refractivity (Wildman–Crippen MR) is 89.3 cm³/mol. The highest BCUT2D eigenvalue weighted by molar-refractivity contribution is 7.98. The van der Waals surface area contributed by atoms with E-state index in [-0.39, 0.29) is 0 Å². The molecule has 0 radical (unpaired) electrons. The molecule has 1 unspecified atom stereocenters. The molecule has 0 amide bonds. The molecule has 1 nitrogen and oxygen atoms in total. The van der Waals surface area contributed by atoms with Crippen molar-refractivity contribution in [3.05, 3.63) is 55.2 Å². The van der Waals surface area contributed by atoms with Gasteiger partial charge in [-0.2, -0.15) is 11.8 Å². The van der Waals surface area contributed by atoms with Gasteiger partial charge in [0.25, 0.3) is 0 Å². The number of halogens is 2. The Kier molecular flexibility index (Phi) is 4.63. The number of rotatable bonds is 3. The number of aryl methyl sites for hydroxylation is 1. The first-order valence-electron chi connectivity index (χ1n) is 6.44. The molecule has 2 aromatic rings. The van der Waals surface area contributed by atoms with E-state index in [4.69, 9.17) is 23.2 Å². The second-order valence-electron chi connectivity index (χ2n) is 4.86. The van der Waals surface area contributed by atoms with E-state index in [1.54, 1.807) is 17.4 Å². The maximum atomic E-state index is 10.4. The Balaban J connectivity index is 1.78. The lowest BCUT2D eigenvalue weighted by molar-refractivity contribution is 0.182. The Morgan fingerprint density at radius 1 is 1.25 bits per heavy atom.